The van der Waals surface area contributed by atoms with Crippen LogP contribution in [0.3, 0.4) is 0 Å². The van der Waals surface area contributed by atoms with Gasteiger partial charge in [0.25, 0.3) is 0 Å². The van der Waals surface area contributed by atoms with Gasteiger partial charge in [0.1, 0.15) is 23.8 Å². The van der Waals surface area contributed by atoms with Crippen molar-refractivity contribution in [3.05, 3.63) is 66.5 Å². The molecule has 1 aliphatic heterocycles. The SMILES string of the molecule is CC(C)C(=O)N1CCN(c2ncnc3c2c(-c2ccccc2F)cn3-c2cc(C#N)ccn2)CC1CO. The van der Waals surface area contributed by atoms with Crippen molar-refractivity contribution in [2.24, 2.45) is 5.92 Å². The summed E-state index contributed by atoms with van der Waals surface area (Å²) in [6.07, 6.45) is 4.74. The molecule has 4 heterocycles. The van der Waals surface area contributed by atoms with Crippen LogP contribution in [-0.2, 0) is 4.79 Å². The van der Waals surface area contributed by atoms with E-state index in [-0.39, 0.29) is 18.4 Å². The van der Waals surface area contributed by atoms with Gasteiger partial charge >= 0.3 is 0 Å². The first-order chi connectivity index (χ1) is 17.9. The number of rotatable bonds is 5. The Bertz CT molecular complexity index is 1510. The monoisotopic (exact) mass is 499 g/mol. The van der Waals surface area contributed by atoms with E-state index in [9.17, 15) is 15.2 Å². The Morgan fingerprint density at radius 3 is 2.73 bits per heavy atom. The van der Waals surface area contributed by atoms with E-state index in [0.29, 0.717) is 59.0 Å². The third kappa shape index (κ3) is 4.38. The van der Waals surface area contributed by atoms with Gasteiger partial charge in [-0.25, -0.2) is 19.3 Å². The summed E-state index contributed by atoms with van der Waals surface area (Å²) >= 11 is 0. The third-order valence-electron chi connectivity index (χ3n) is 6.62. The Morgan fingerprint density at radius 1 is 1.19 bits per heavy atom. The lowest BCUT2D eigenvalue weighted by Crippen LogP contribution is -2.57. The fraction of sp³-hybridized carbons (Fsp3) is 0.296. The fourth-order valence-electron chi connectivity index (χ4n) is 4.79. The van der Waals surface area contributed by atoms with Crippen LogP contribution in [0.25, 0.3) is 28.0 Å². The van der Waals surface area contributed by atoms with Crippen LogP contribution in [0.1, 0.15) is 19.4 Å². The van der Waals surface area contributed by atoms with Gasteiger partial charge in [0.05, 0.1) is 29.7 Å². The number of aliphatic hydroxyl groups is 1. The average molecular weight is 500 g/mol. The highest BCUT2D eigenvalue weighted by atomic mass is 19.1. The molecule has 1 atom stereocenters. The molecule has 1 amide bonds. The maximum absolute atomic E-state index is 15.0. The molecule has 0 radical (unpaired) electrons. The summed E-state index contributed by atoms with van der Waals surface area (Å²) in [6, 6.07) is 11.5. The molecular formula is C27H26FN7O2. The zero-order valence-electron chi connectivity index (χ0n) is 20.5. The minimum Gasteiger partial charge on any atom is -0.394 e. The highest BCUT2D eigenvalue weighted by molar-refractivity contribution is 6.02. The minimum absolute atomic E-state index is 0.00631. The number of nitrogens with zero attached hydrogens (tertiary/aromatic N) is 7. The average Bonchev–Trinajstić information content (AvgIpc) is 3.32. The molecule has 3 aromatic heterocycles. The summed E-state index contributed by atoms with van der Waals surface area (Å²) in [4.78, 5) is 29.9. The summed E-state index contributed by atoms with van der Waals surface area (Å²) in [5.74, 6) is 0.471. The molecule has 9 nitrogen and oxygen atoms in total. The van der Waals surface area contributed by atoms with Gasteiger partial charge in [0.2, 0.25) is 5.91 Å². The highest BCUT2D eigenvalue weighted by Crippen LogP contribution is 2.38. The molecule has 0 aliphatic carbocycles. The van der Waals surface area contributed by atoms with Gasteiger partial charge in [-0.15, -0.1) is 0 Å². The molecule has 37 heavy (non-hydrogen) atoms. The van der Waals surface area contributed by atoms with E-state index in [1.165, 1.54) is 12.4 Å². The number of pyridine rings is 1. The molecule has 0 spiro atoms. The van der Waals surface area contributed by atoms with Crippen molar-refractivity contribution >= 4 is 22.8 Å². The predicted molar refractivity (Wildman–Crippen MR) is 136 cm³/mol. The number of carbonyl (C=O) groups excluding carboxylic acids is 1. The number of benzene rings is 1. The number of aliphatic hydroxyl groups excluding tert-OH is 1. The Hall–Kier alpha value is -4.36. The first kappa shape index (κ1) is 24.3. The molecule has 1 saturated heterocycles. The normalized spacial score (nSPS) is 15.8. The molecule has 4 aromatic rings. The summed E-state index contributed by atoms with van der Waals surface area (Å²) in [5, 5.41) is 20.1. The van der Waals surface area contributed by atoms with E-state index in [1.807, 2.05) is 18.7 Å². The molecular weight excluding hydrogens is 473 g/mol. The Labute approximate surface area is 213 Å². The Kier molecular flexibility index (Phi) is 6.54. The van der Waals surface area contributed by atoms with Crippen LogP contribution in [0, 0.1) is 23.1 Å². The Morgan fingerprint density at radius 2 is 2.00 bits per heavy atom. The molecule has 1 aliphatic rings. The largest absolute Gasteiger partial charge is 0.394 e. The van der Waals surface area contributed by atoms with Crippen molar-refractivity contribution in [2.75, 3.05) is 31.1 Å². The van der Waals surface area contributed by atoms with E-state index in [0.717, 1.165) is 0 Å². The second kappa shape index (κ2) is 9.95. The quantitative estimate of drug-likeness (QED) is 0.449. The fourth-order valence-corrected chi connectivity index (χ4v) is 4.79. The summed E-state index contributed by atoms with van der Waals surface area (Å²) in [6.45, 7) is 4.78. The van der Waals surface area contributed by atoms with E-state index in [2.05, 4.69) is 21.0 Å². The number of hydrogen-bond acceptors (Lipinski definition) is 7. The van der Waals surface area contributed by atoms with Crippen molar-refractivity contribution in [3.63, 3.8) is 0 Å². The first-order valence-corrected chi connectivity index (χ1v) is 12.1. The molecule has 1 fully saturated rings. The molecule has 1 unspecified atom stereocenters. The molecule has 0 bridgehead atoms. The molecule has 10 heteroatoms. The number of nitriles is 1. The van der Waals surface area contributed by atoms with Crippen LogP contribution in [0.15, 0.2) is 55.1 Å². The van der Waals surface area contributed by atoms with Gasteiger partial charge in [0, 0.05) is 49.1 Å². The number of fused-ring (bicyclic) bond motifs is 1. The minimum atomic E-state index is -0.401. The molecule has 0 saturated carbocycles. The smallest absolute Gasteiger partial charge is 0.225 e. The first-order valence-electron chi connectivity index (χ1n) is 12.1. The number of aromatic nitrogens is 4. The molecule has 188 valence electrons. The van der Waals surface area contributed by atoms with E-state index in [4.69, 9.17) is 0 Å². The van der Waals surface area contributed by atoms with Gasteiger partial charge in [-0.2, -0.15) is 5.26 Å². The number of amides is 1. The van der Waals surface area contributed by atoms with Crippen LogP contribution >= 0.6 is 0 Å². The second-order valence-corrected chi connectivity index (χ2v) is 9.27. The predicted octanol–water partition coefficient (Wildman–Crippen LogP) is 3.16. The lowest BCUT2D eigenvalue weighted by atomic mass is 10.0. The summed E-state index contributed by atoms with van der Waals surface area (Å²) in [5.41, 5.74) is 1.90. The lowest BCUT2D eigenvalue weighted by molar-refractivity contribution is -0.138. The van der Waals surface area contributed by atoms with Gasteiger partial charge in [-0.1, -0.05) is 32.0 Å². The molecule has 1 N–H and O–H groups in total. The number of piperazine rings is 1. The van der Waals surface area contributed by atoms with Gasteiger partial charge in [-0.05, 0) is 18.2 Å². The number of halogens is 1. The summed E-state index contributed by atoms with van der Waals surface area (Å²) < 4.78 is 16.8. The lowest BCUT2D eigenvalue weighted by Gasteiger charge is -2.42. The van der Waals surface area contributed by atoms with Crippen molar-refractivity contribution in [3.8, 4) is 23.0 Å². The molecule has 1 aromatic carbocycles. The zero-order chi connectivity index (χ0) is 26.1. The highest BCUT2D eigenvalue weighted by Gasteiger charge is 2.33. The third-order valence-corrected chi connectivity index (χ3v) is 6.62. The van der Waals surface area contributed by atoms with E-state index < -0.39 is 11.9 Å². The maximum Gasteiger partial charge on any atom is 0.225 e. The van der Waals surface area contributed by atoms with Gasteiger partial charge in [-0.3, -0.25) is 9.36 Å². The van der Waals surface area contributed by atoms with E-state index in [1.54, 1.807) is 52.2 Å². The standard InChI is InChI=1S/C27H26FN7O2/c1-17(2)27(37)34-10-9-33(13-19(34)15-36)25-24-21(20-5-3-4-6-22(20)28)14-35(26(24)32-16-31-25)23-11-18(12-29)7-8-30-23/h3-8,11,14,16-17,19,36H,9-10,13,15H2,1-2H3. The van der Waals surface area contributed by atoms with Crippen molar-refractivity contribution in [1.82, 2.24) is 24.4 Å². The second-order valence-electron chi connectivity index (χ2n) is 9.27. The Balaban J connectivity index is 1.67. The van der Waals surface area contributed by atoms with Crippen molar-refractivity contribution in [2.45, 2.75) is 19.9 Å². The van der Waals surface area contributed by atoms with Crippen LogP contribution in [0.5, 0.6) is 0 Å². The van der Waals surface area contributed by atoms with Crippen LogP contribution in [-0.4, -0.2) is 67.7 Å². The van der Waals surface area contributed by atoms with Crippen molar-refractivity contribution in [1.29, 1.82) is 5.26 Å². The van der Waals surface area contributed by atoms with Crippen molar-refractivity contribution < 1.29 is 14.3 Å². The number of anilines is 1. The number of carbonyl (C=O) groups is 1. The zero-order valence-corrected chi connectivity index (χ0v) is 20.5. The van der Waals surface area contributed by atoms with Crippen LogP contribution < -0.4 is 4.90 Å². The van der Waals surface area contributed by atoms with Crippen LogP contribution in [0.4, 0.5) is 10.2 Å². The van der Waals surface area contributed by atoms with Gasteiger partial charge < -0.3 is 14.9 Å². The maximum atomic E-state index is 15.0. The van der Waals surface area contributed by atoms with E-state index >= 15 is 4.39 Å². The number of hydrogen-bond donors (Lipinski definition) is 1. The molecule has 5 rings (SSSR count). The summed E-state index contributed by atoms with van der Waals surface area (Å²) in [7, 11) is 0. The topological polar surface area (TPSA) is 111 Å². The van der Waals surface area contributed by atoms with Gasteiger partial charge in [0.15, 0.2) is 5.65 Å². The van der Waals surface area contributed by atoms with Crippen LogP contribution in [0.2, 0.25) is 0 Å².